The molecule has 1 aliphatic carbocycles. The molecule has 6 rings (SSSR count). The van der Waals surface area contributed by atoms with Crippen molar-refractivity contribution < 1.29 is 23.8 Å². The fourth-order valence-corrected chi connectivity index (χ4v) is 6.80. The highest BCUT2D eigenvalue weighted by Gasteiger charge is 2.32. The number of benzene rings is 3. The van der Waals surface area contributed by atoms with E-state index in [-0.39, 0.29) is 18.2 Å². The van der Waals surface area contributed by atoms with Crippen LogP contribution in [-0.4, -0.2) is 23.4 Å². The van der Waals surface area contributed by atoms with E-state index in [1.807, 2.05) is 18.2 Å². The third-order valence-corrected chi connectivity index (χ3v) is 8.42. The largest absolute Gasteiger partial charge is 0.492 e. The summed E-state index contributed by atoms with van der Waals surface area (Å²) in [5.74, 6) is 0.306. The first-order valence-electron chi connectivity index (χ1n) is 14.0. The molecule has 3 aliphatic rings. The number of halogens is 1. The van der Waals surface area contributed by atoms with Crippen molar-refractivity contribution in [1.29, 1.82) is 0 Å². The van der Waals surface area contributed by atoms with Gasteiger partial charge >= 0.3 is 5.97 Å². The van der Waals surface area contributed by atoms with Gasteiger partial charge in [-0.25, -0.2) is 4.39 Å². The summed E-state index contributed by atoms with van der Waals surface area (Å²) in [4.78, 5) is 15.8. The maximum Gasteiger partial charge on any atom is 0.304 e. The number of carboxylic acid groups (broad SMARTS) is 1. The van der Waals surface area contributed by atoms with Crippen molar-refractivity contribution in [2.24, 2.45) is 4.99 Å². The Balaban J connectivity index is 1.29. The molecule has 2 aliphatic heterocycles. The van der Waals surface area contributed by atoms with Crippen molar-refractivity contribution in [3.63, 3.8) is 0 Å². The molecule has 0 radical (unpaired) electrons. The second-order valence-corrected chi connectivity index (χ2v) is 11.4. The average molecular weight is 540 g/mol. The number of carboxylic acids is 1. The minimum absolute atomic E-state index is 0.0297. The normalized spacial score (nSPS) is 21.3. The molecule has 2 heterocycles. The van der Waals surface area contributed by atoms with Crippen LogP contribution < -0.4 is 9.47 Å². The third kappa shape index (κ3) is 4.80. The molecule has 0 aromatic heterocycles. The molecule has 6 heteroatoms. The molecule has 40 heavy (non-hydrogen) atoms. The summed E-state index contributed by atoms with van der Waals surface area (Å²) in [6, 6.07) is 13.5. The van der Waals surface area contributed by atoms with Gasteiger partial charge in [0.15, 0.2) is 0 Å². The van der Waals surface area contributed by atoms with Crippen LogP contribution in [0.25, 0.3) is 11.1 Å². The molecule has 0 bridgehead atoms. The second-order valence-electron chi connectivity index (χ2n) is 11.4. The van der Waals surface area contributed by atoms with Gasteiger partial charge in [0.2, 0.25) is 0 Å². The molecular formula is C34H34FNO4. The Hall–Kier alpha value is -3.93. The molecule has 0 spiro atoms. The van der Waals surface area contributed by atoms with E-state index in [1.165, 1.54) is 16.7 Å². The molecule has 1 N–H and O–H groups in total. The zero-order valence-corrected chi connectivity index (χ0v) is 23.4. The van der Waals surface area contributed by atoms with E-state index in [9.17, 15) is 9.90 Å². The van der Waals surface area contributed by atoms with E-state index in [4.69, 9.17) is 9.47 Å². The van der Waals surface area contributed by atoms with Gasteiger partial charge in [0.05, 0.1) is 13.0 Å². The van der Waals surface area contributed by atoms with E-state index in [0.29, 0.717) is 36.0 Å². The summed E-state index contributed by atoms with van der Waals surface area (Å²) in [5.41, 5.74) is 10.6. The number of nitrogens with zero attached hydrogens (tertiary/aromatic N) is 1. The molecule has 0 fully saturated rings. The van der Waals surface area contributed by atoms with Crippen LogP contribution in [0.4, 0.5) is 4.39 Å². The van der Waals surface area contributed by atoms with Crippen LogP contribution in [0, 0.1) is 19.7 Å². The summed E-state index contributed by atoms with van der Waals surface area (Å²) in [5, 5.41) is 9.17. The lowest BCUT2D eigenvalue weighted by Crippen LogP contribution is -2.09. The lowest BCUT2D eigenvalue weighted by molar-refractivity contribution is -0.137. The van der Waals surface area contributed by atoms with E-state index in [2.05, 4.69) is 50.9 Å². The highest BCUT2D eigenvalue weighted by atomic mass is 19.1. The Morgan fingerprint density at radius 3 is 2.60 bits per heavy atom. The van der Waals surface area contributed by atoms with Crippen molar-refractivity contribution in [3.8, 4) is 22.6 Å². The molecule has 5 nitrogen and oxygen atoms in total. The van der Waals surface area contributed by atoms with Crippen LogP contribution in [0.3, 0.4) is 0 Å². The average Bonchev–Trinajstić information content (AvgIpc) is 3.48. The Kier molecular flexibility index (Phi) is 6.73. The summed E-state index contributed by atoms with van der Waals surface area (Å²) < 4.78 is 27.4. The number of rotatable bonds is 6. The Bertz CT molecular complexity index is 1560. The van der Waals surface area contributed by atoms with Crippen LogP contribution in [0.1, 0.15) is 84.4 Å². The van der Waals surface area contributed by atoms with Crippen molar-refractivity contribution in [2.75, 3.05) is 6.61 Å². The molecule has 3 aromatic rings. The zero-order valence-electron chi connectivity index (χ0n) is 23.4. The number of carbonyl (C=O) groups is 1. The molecule has 0 amide bonds. The predicted molar refractivity (Wildman–Crippen MR) is 154 cm³/mol. The van der Waals surface area contributed by atoms with Crippen LogP contribution in [0.5, 0.6) is 11.5 Å². The first kappa shape index (κ1) is 26.3. The molecule has 206 valence electrons. The SMILES string of the molecule is CC1=CC(c2cc(C)c(-c3ccc(F)c4c3CC[C@H]4Oc3ccc4c(c3)OC[C@H]4CC(=O)O)c(C)c2)CC(C)=N1. The smallest absolute Gasteiger partial charge is 0.304 e. The Morgan fingerprint density at radius 2 is 1.88 bits per heavy atom. The summed E-state index contributed by atoms with van der Waals surface area (Å²) >= 11 is 0. The van der Waals surface area contributed by atoms with Gasteiger partial charge in [-0.05, 0) is 92.5 Å². The van der Waals surface area contributed by atoms with Gasteiger partial charge in [0.25, 0.3) is 0 Å². The Morgan fingerprint density at radius 1 is 1.10 bits per heavy atom. The number of hydrogen-bond donors (Lipinski definition) is 1. The van der Waals surface area contributed by atoms with E-state index in [0.717, 1.165) is 46.5 Å². The number of fused-ring (bicyclic) bond motifs is 2. The highest BCUT2D eigenvalue weighted by Crippen LogP contribution is 2.45. The number of ether oxygens (including phenoxy) is 2. The molecule has 3 atom stereocenters. The summed E-state index contributed by atoms with van der Waals surface area (Å²) in [6.07, 6.45) is 4.21. The summed E-state index contributed by atoms with van der Waals surface area (Å²) in [7, 11) is 0. The number of hydrogen-bond acceptors (Lipinski definition) is 4. The van der Waals surface area contributed by atoms with Gasteiger partial charge in [0, 0.05) is 40.4 Å². The van der Waals surface area contributed by atoms with Crippen molar-refractivity contribution in [2.45, 2.75) is 71.3 Å². The maximum atomic E-state index is 15.3. The van der Waals surface area contributed by atoms with Crippen LogP contribution >= 0.6 is 0 Å². The van der Waals surface area contributed by atoms with E-state index in [1.54, 1.807) is 12.1 Å². The van der Waals surface area contributed by atoms with Crippen molar-refractivity contribution >= 4 is 11.7 Å². The topological polar surface area (TPSA) is 68.1 Å². The van der Waals surface area contributed by atoms with Gasteiger partial charge in [-0.2, -0.15) is 0 Å². The molecule has 1 unspecified atom stereocenters. The van der Waals surface area contributed by atoms with Gasteiger partial charge in [-0.1, -0.05) is 30.3 Å². The third-order valence-electron chi connectivity index (χ3n) is 8.42. The summed E-state index contributed by atoms with van der Waals surface area (Å²) in [6.45, 7) is 8.77. The van der Waals surface area contributed by atoms with E-state index >= 15 is 4.39 Å². The minimum Gasteiger partial charge on any atom is -0.492 e. The molecule has 0 saturated carbocycles. The Labute approximate surface area is 234 Å². The minimum atomic E-state index is -0.846. The molecular weight excluding hydrogens is 505 g/mol. The second kappa shape index (κ2) is 10.2. The van der Waals surface area contributed by atoms with Gasteiger partial charge in [-0.3, -0.25) is 9.79 Å². The molecule has 3 aromatic carbocycles. The van der Waals surface area contributed by atoms with Gasteiger partial charge < -0.3 is 14.6 Å². The number of allylic oxidation sites excluding steroid dienone is 2. The lowest BCUT2D eigenvalue weighted by atomic mass is 9.84. The monoisotopic (exact) mass is 539 g/mol. The highest BCUT2D eigenvalue weighted by molar-refractivity contribution is 5.85. The number of aryl methyl sites for hydroxylation is 2. The fraction of sp³-hybridized carbons (Fsp3) is 0.353. The van der Waals surface area contributed by atoms with Crippen molar-refractivity contribution in [1.82, 2.24) is 0 Å². The van der Waals surface area contributed by atoms with Crippen molar-refractivity contribution in [3.05, 3.63) is 93.4 Å². The van der Waals surface area contributed by atoms with Crippen LogP contribution in [-0.2, 0) is 11.2 Å². The van der Waals surface area contributed by atoms with Gasteiger partial charge in [-0.15, -0.1) is 0 Å². The van der Waals surface area contributed by atoms with Crippen LogP contribution in [0.2, 0.25) is 0 Å². The quantitative estimate of drug-likeness (QED) is 0.345. The maximum absolute atomic E-state index is 15.3. The number of aliphatic imine (C=N–C) groups is 1. The molecule has 0 saturated heterocycles. The van der Waals surface area contributed by atoms with Crippen LogP contribution in [0.15, 0.2) is 59.2 Å². The fourth-order valence-electron chi connectivity index (χ4n) is 6.80. The zero-order chi connectivity index (χ0) is 28.1. The van der Waals surface area contributed by atoms with E-state index < -0.39 is 12.1 Å². The lowest BCUT2D eigenvalue weighted by Gasteiger charge is -2.22. The number of aliphatic carboxylic acids is 1. The predicted octanol–water partition coefficient (Wildman–Crippen LogP) is 7.98. The first-order valence-corrected chi connectivity index (χ1v) is 14.0. The standard InChI is InChI=1S/C34H34FNO4/c1-18-11-22(23-13-20(3)36-21(4)14-23)12-19(2)33(18)27-7-9-29(35)34-28(27)8-10-30(34)40-25-5-6-26-24(15-32(37)38)17-39-31(26)16-25/h5-7,9,11-13,16,23-24,30H,8,10,14-15,17H2,1-4H3,(H,37,38)/t23?,24-,30-/m1/s1. The first-order chi connectivity index (χ1) is 19.2. The van der Waals surface area contributed by atoms with Gasteiger partial charge in [0.1, 0.15) is 23.4 Å².